The fourth-order valence-electron chi connectivity index (χ4n) is 3.52. The third-order valence-corrected chi connectivity index (χ3v) is 6.83. The molecule has 1 heterocycles. The largest absolute Gasteiger partial charge is 0.425 e. The van der Waals surface area contributed by atoms with Crippen molar-refractivity contribution in [1.82, 2.24) is 4.72 Å². The van der Waals surface area contributed by atoms with Gasteiger partial charge in [0, 0.05) is 17.5 Å². The van der Waals surface area contributed by atoms with Gasteiger partial charge >= 0.3 is 11.6 Å². The average molecular weight is 478 g/mol. The van der Waals surface area contributed by atoms with Gasteiger partial charge in [0.2, 0.25) is 10.0 Å². The zero-order valence-electron chi connectivity index (χ0n) is 18.6. The maximum absolute atomic E-state index is 12.8. The summed E-state index contributed by atoms with van der Waals surface area (Å²) in [5.74, 6) is -0.627. The second-order valence-electron chi connectivity index (χ2n) is 7.82. The van der Waals surface area contributed by atoms with Crippen molar-refractivity contribution in [2.75, 3.05) is 0 Å². The molecule has 1 N–H and O–H groups in total. The molecule has 0 spiro atoms. The Kier molecular flexibility index (Phi) is 6.63. The fourth-order valence-corrected chi connectivity index (χ4v) is 4.79. The number of hydrogen-bond donors (Lipinski definition) is 1. The van der Waals surface area contributed by atoms with Gasteiger partial charge in [-0.05, 0) is 48.7 Å². The summed E-state index contributed by atoms with van der Waals surface area (Å²) in [6.07, 6.45) is 0.185. The predicted molar refractivity (Wildman–Crippen MR) is 129 cm³/mol. The average Bonchev–Trinajstić information content (AvgIpc) is 2.82. The van der Waals surface area contributed by atoms with Crippen molar-refractivity contribution in [3.05, 3.63) is 94.8 Å². The molecule has 0 unspecified atom stereocenters. The Hall–Kier alpha value is -3.75. The van der Waals surface area contributed by atoms with E-state index < -0.39 is 27.7 Å². The van der Waals surface area contributed by atoms with Gasteiger partial charge in [0.15, 0.2) is 0 Å². The predicted octanol–water partition coefficient (Wildman–Crippen LogP) is 4.43. The number of carbonyl (C=O) groups is 1. The van der Waals surface area contributed by atoms with Crippen LogP contribution in [0.5, 0.6) is 5.75 Å². The molecule has 1 aromatic heterocycles. The Balaban J connectivity index is 1.58. The van der Waals surface area contributed by atoms with Gasteiger partial charge in [0.05, 0.1) is 4.90 Å². The molecule has 8 heteroatoms. The van der Waals surface area contributed by atoms with E-state index in [-0.39, 0.29) is 22.6 Å². The van der Waals surface area contributed by atoms with E-state index >= 15 is 0 Å². The van der Waals surface area contributed by atoms with E-state index in [0.717, 1.165) is 11.1 Å². The number of aryl methyl sites for hydroxylation is 1. The second kappa shape index (κ2) is 9.62. The van der Waals surface area contributed by atoms with E-state index in [1.54, 1.807) is 31.2 Å². The van der Waals surface area contributed by atoms with Crippen molar-refractivity contribution in [1.29, 1.82) is 0 Å². The van der Waals surface area contributed by atoms with E-state index in [4.69, 9.17) is 9.15 Å². The smallest absolute Gasteiger partial charge is 0.336 e. The number of carbonyl (C=O) groups excluding carboxylic acids is 1. The number of nitrogens with one attached hydrogen (secondary N) is 1. The number of hydrogen-bond acceptors (Lipinski definition) is 6. The Morgan fingerprint density at radius 1 is 1.00 bits per heavy atom. The first-order valence-corrected chi connectivity index (χ1v) is 12.2. The Morgan fingerprint density at radius 2 is 1.71 bits per heavy atom. The van der Waals surface area contributed by atoms with Crippen LogP contribution in [-0.2, 0) is 14.8 Å². The molecule has 174 valence electrons. The van der Waals surface area contributed by atoms with Gasteiger partial charge in [-0.25, -0.2) is 18.0 Å². The van der Waals surface area contributed by atoms with E-state index in [1.165, 1.54) is 24.3 Å². The molecular formula is C26H23NO6S. The van der Waals surface area contributed by atoms with Crippen LogP contribution in [0.3, 0.4) is 0 Å². The summed E-state index contributed by atoms with van der Waals surface area (Å²) in [4.78, 5) is 24.9. The first-order chi connectivity index (χ1) is 16.3. The van der Waals surface area contributed by atoms with Crippen LogP contribution in [0.4, 0.5) is 0 Å². The van der Waals surface area contributed by atoms with Gasteiger partial charge < -0.3 is 9.15 Å². The molecule has 0 aliphatic heterocycles. The van der Waals surface area contributed by atoms with Gasteiger partial charge in [-0.15, -0.1) is 0 Å². The Morgan fingerprint density at radius 3 is 2.38 bits per heavy atom. The van der Waals surface area contributed by atoms with Gasteiger partial charge in [-0.3, -0.25) is 0 Å². The lowest BCUT2D eigenvalue weighted by Gasteiger charge is -2.16. The molecule has 7 nitrogen and oxygen atoms in total. The Bertz CT molecular complexity index is 1490. The van der Waals surface area contributed by atoms with Gasteiger partial charge in [0.1, 0.15) is 17.4 Å². The van der Waals surface area contributed by atoms with E-state index in [1.807, 2.05) is 37.3 Å². The summed E-state index contributed by atoms with van der Waals surface area (Å²) < 4.78 is 38.5. The highest BCUT2D eigenvalue weighted by Crippen LogP contribution is 2.29. The van der Waals surface area contributed by atoms with Crippen LogP contribution in [-0.4, -0.2) is 20.4 Å². The zero-order chi connectivity index (χ0) is 24.3. The van der Waals surface area contributed by atoms with E-state index in [2.05, 4.69) is 4.72 Å². The van der Waals surface area contributed by atoms with E-state index in [9.17, 15) is 18.0 Å². The summed E-state index contributed by atoms with van der Waals surface area (Å²) >= 11 is 0. The molecular weight excluding hydrogens is 454 g/mol. The lowest BCUT2D eigenvalue weighted by atomic mass is 10.0. The molecule has 34 heavy (non-hydrogen) atoms. The minimum atomic E-state index is -3.91. The first kappa shape index (κ1) is 23.4. The molecule has 0 saturated heterocycles. The molecule has 0 radical (unpaired) electrons. The summed E-state index contributed by atoms with van der Waals surface area (Å²) in [7, 11) is -3.91. The molecule has 0 aliphatic carbocycles. The highest BCUT2D eigenvalue weighted by molar-refractivity contribution is 7.89. The molecule has 0 fully saturated rings. The third-order valence-electron chi connectivity index (χ3n) is 5.34. The van der Waals surface area contributed by atoms with Gasteiger partial charge in [0.25, 0.3) is 0 Å². The van der Waals surface area contributed by atoms with Crippen molar-refractivity contribution in [3.8, 4) is 16.9 Å². The van der Waals surface area contributed by atoms with Crippen LogP contribution in [0.15, 0.2) is 93.0 Å². The molecule has 0 aliphatic rings. The molecule has 0 bridgehead atoms. The van der Waals surface area contributed by atoms with Crippen molar-refractivity contribution < 1.29 is 22.4 Å². The minimum absolute atomic E-state index is 0.0604. The minimum Gasteiger partial charge on any atom is -0.425 e. The first-order valence-electron chi connectivity index (χ1n) is 10.7. The fraction of sp³-hybridized carbons (Fsp3) is 0.154. The Labute approximate surface area is 197 Å². The van der Waals surface area contributed by atoms with Gasteiger partial charge in [-0.2, -0.15) is 4.72 Å². The molecule has 0 amide bonds. The maximum atomic E-state index is 12.8. The van der Waals surface area contributed by atoms with Crippen LogP contribution in [0.1, 0.15) is 18.9 Å². The van der Waals surface area contributed by atoms with Crippen LogP contribution in [0, 0.1) is 6.92 Å². The van der Waals surface area contributed by atoms with Crippen molar-refractivity contribution in [2.45, 2.75) is 31.2 Å². The van der Waals surface area contributed by atoms with Crippen LogP contribution in [0.2, 0.25) is 0 Å². The SMILES string of the molecule is CC[C@H](NS(=O)(=O)c1ccc(C)cc1)C(=O)Oc1ccc2c(-c3ccccc3)cc(=O)oc2c1. The summed E-state index contributed by atoms with van der Waals surface area (Å²) in [5.41, 5.74) is 2.18. The molecule has 1 atom stereocenters. The quantitative estimate of drug-likeness (QED) is 0.240. The van der Waals surface area contributed by atoms with Crippen LogP contribution in [0.25, 0.3) is 22.1 Å². The maximum Gasteiger partial charge on any atom is 0.336 e. The summed E-state index contributed by atoms with van der Waals surface area (Å²) in [6.45, 7) is 3.53. The third kappa shape index (κ3) is 5.08. The summed E-state index contributed by atoms with van der Waals surface area (Å²) in [6, 6.07) is 20.7. The number of fused-ring (bicyclic) bond motifs is 1. The number of ether oxygens (including phenoxy) is 1. The second-order valence-corrected chi connectivity index (χ2v) is 9.53. The van der Waals surface area contributed by atoms with Crippen molar-refractivity contribution >= 4 is 27.0 Å². The monoisotopic (exact) mass is 477 g/mol. The lowest BCUT2D eigenvalue weighted by Crippen LogP contribution is -2.42. The number of rotatable bonds is 7. The van der Waals surface area contributed by atoms with Gasteiger partial charge in [-0.1, -0.05) is 55.0 Å². The number of esters is 1. The number of sulfonamides is 1. The number of benzene rings is 3. The van der Waals surface area contributed by atoms with E-state index in [0.29, 0.717) is 10.9 Å². The summed E-state index contributed by atoms with van der Waals surface area (Å²) in [5, 5.41) is 0.678. The normalized spacial score (nSPS) is 12.4. The molecule has 4 rings (SSSR count). The highest BCUT2D eigenvalue weighted by atomic mass is 32.2. The standard InChI is InChI=1S/C26H23NO6S/c1-3-23(27-34(30,31)20-12-9-17(2)10-13-20)26(29)32-19-11-14-21-22(18-7-5-4-6-8-18)16-25(28)33-24(21)15-19/h4-16,23,27H,3H2,1-2H3/t23-/m0/s1. The lowest BCUT2D eigenvalue weighted by molar-refractivity contribution is -0.136. The van der Waals surface area contributed by atoms with Crippen molar-refractivity contribution in [2.24, 2.45) is 0 Å². The molecule has 0 saturated carbocycles. The van der Waals surface area contributed by atoms with Crippen LogP contribution >= 0.6 is 0 Å². The topological polar surface area (TPSA) is 103 Å². The highest BCUT2D eigenvalue weighted by Gasteiger charge is 2.26. The molecule has 4 aromatic rings. The zero-order valence-corrected chi connectivity index (χ0v) is 19.5. The van der Waals surface area contributed by atoms with Crippen molar-refractivity contribution in [3.63, 3.8) is 0 Å². The van der Waals surface area contributed by atoms with Crippen LogP contribution < -0.4 is 15.1 Å². The molecule has 3 aromatic carbocycles.